The summed E-state index contributed by atoms with van der Waals surface area (Å²) in [7, 11) is 0. The Hall–Kier alpha value is -2.82. The maximum atomic E-state index is 10.3. The smallest absolute Gasteiger partial charge is 0.177 e. The van der Waals surface area contributed by atoms with Crippen molar-refractivity contribution in [3.8, 4) is 6.07 Å². The minimum atomic E-state index is 0. The van der Waals surface area contributed by atoms with E-state index in [4.69, 9.17) is 0 Å². The first-order chi connectivity index (χ1) is 15.7. The van der Waals surface area contributed by atoms with Gasteiger partial charge in [-0.25, -0.2) is 0 Å². The lowest BCUT2D eigenvalue weighted by atomic mass is 10.1. The van der Waals surface area contributed by atoms with E-state index in [9.17, 15) is 5.26 Å². The lowest BCUT2D eigenvalue weighted by Gasteiger charge is -2.25. The maximum absolute atomic E-state index is 10.3. The van der Waals surface area contributed by atoms with Crippen molar-refractivity contribution in [2.75, 3.05) is 0 Å². The predicted octanol–water partition coefficient (Wildman–Crippen LogP) is 6.33. The Balaban J connectivity index is 0.00000259. The fraction of sp³-hybridized carbons (Fsp3) is 0.269. The number of nitrogens with zero attached hydrogens (tertiary/aromatic N) is 5. The molecule has 0 N–H and O–H groups in total. The van der Waals surface area contributed by atoms with E-state index >= 15 is 0 Å². The fourth-order valence-corrected chi connectivity index (χ4v) is 5.31. The van der Waals surface area contributed by atoms with Crippen molar-refractivity contribution in [1.82, 2.24) is 19.7 Å². The van der Waals surface area contributed by atoms with Gasteiger partial charge in [-0.2, -0.15) is 5.26 Å². The molecule has 5 rings (SSSR count). The van der Waals surface area contributed by atoms with Gasteiger partial charge >= 0.3 is 0 Å². The van der Waals surface area contributed by atoms with E-state index < -0.39 is 0 Å². The van der Waals surface area contributed by atoms with Crippen LogP contribution in [-0.2, 0) is 19.5 Å². The van der Waals surface area contributed by atoms with Crippen molar-refractivity contribution in [3.63, 3.8) is 0 Å². The Morgan fingerprint density at radius 3 is 2.58 bits per heavy atom. The van der Waals surface area contributed by atoms with Crippen molar-refractivity contribution in [1.29, 1.82) is 5.26 Å². The molecular weight excluding hydrogens is 494 g/mol. The highest BCUT2D eigenvalue weighted by atomic mass is 79.9. The van der Waals surface area contributed by atoms with Gasteiger partial charge in [0.05, 0.1) is 5.70 Å². The molecule has 2 aliphatic heterocycles. The lowest BCUT2D eigenvalue weighted by molar-refractivity contribution is 0.521. The third kappa shape index (κ3) is 4.78. The average molecular weight is 521 g/mol. The molecule has 1 aromatic heterocycles. The van der Waals surface area contributed by atoms with Gasteiger partial charge in [0.1, 0.15) is 22.5 Å². The summed E-state index contributed by atoms with van der Waals surface area (Å²) in [5.74, 6) is 1.69. The van der Waals surface area contributed by atoms with Crippen molar-refractivity contribution in [2.24, 2.45) is 0 Å². The van der Waals surface area contributed by atoms with E-state index in [1.165, 1.54) is 17.5 Å². The molecule has 2 aliphatic rings. The number of rotatable bonds is 4. The highest BCUT2D eigenvalue weighted by molar-refractivity contribution is 8.93. The van der Waals surface area contributed by atoms with Crippen molar-refractivity contribution in [3.05, 3.63) is 93.4 Å². The lowest BCUT2D eigenvalue weighted by Crippen LogP contribution is -2.18. The zero-order valence-corrected chi connectivity index (χ0v) is 21.1. The monoisotopic (exact) mass is 519 g/mol. The van der Waals surface area contributed by atoms with Crippen LogP contribution in [-0.4, -0.2) is 19.7 Å². The quantitative estimate of drug-likeness (QED) is 0.377. The van der Waals surface area contributed by atoms with Gasteiger partial charge in [-0.1, -0.05) is 78.3 Å². The molecule has 0 spiro atoms. The molecule has 0 bridgehead atoms. The molecule has 0 unspecified atom stereocenters. The maximum Gasteiger partial charge on any atom is 0.177 e. The highest BCUT2D eigenvalue weighted by Crippen LogP contribution is 2.44. The van der Waals surface area contributed by atoms with E-state index in [1.807, 2.05) is 6.07 Å². The summed E-state index contributed by atoms with van der Waals surface area (Å²) < 4.78 is 2.16. The summed E-state index contributed by atoms with van der Waals surface area (Å²) in [6, 6.07) is 21.4. The molecule has 0 aliphatic carbocycles. The Labute approximate surface area is 209 Å². The number of aromatic nitrogens is 3. The number of nitriles is 1. The van der Waals surface area contributed by atoms with Crippen LogP contribution in [0.15, 0.2) is 65.0 Å². The number of fused-ring (bicyclic) bond motifs is 1. The third-order valence-electron chi connectivity index (χ3n) is 6.01. The van der Waals surface area contributed by atoms with E-state index in [0.29, 0.717) is 17.9 Å². The van der Waals surface area contributed by atoms with Crippen LogP contribution >= 0.6 is 28.7 Å². The molecule has 0 radical (unpaired) electrons. The summed E-state index contributed by atoms with van der Waals surface area (Å²) in [5, 5.41) is 22.2. The van der Waals surface area contributed by atoms with Crippen LogP contribution in [0.3, 0.4) is 0 Å². The Morgan fingerprint density at radius 2 is 1.82 bits per heavy atom. The summed E-state index contributed by atoms with van der Waals surface area (Å²) in [5.41, 5.74) is 5.28. The largest absolute Gasteiger partial charge is 0.329 e. The molecule has 168 valence electrons. The van der Waals surface area contributed by atoms with E-state index in [-0.39, 0.29) is 17.0 Å². The van der Waals surface area contributed by atoms with Crippen LogP contribution < -0.4 is 0 Å². The van der Waals surface area contributed by atoms with Crippen LogP contribution in [0.2, 0.25) is 0 Å². The molecular formula is C26H26BrN5S. The van der Waals surface area contributed by atoms with E-state index in [1.54, 1.807) is 11.8 Å². The zero-order valence-electron chi connectivity index (χ0n) is 18.6. The van der Waals surface area contributed by atoms with Gasteiger partial charge in [0.15, 0.2) is 5.82 Å². The first-order valence-electron chi connectivity index (χ1n) is 11.1. The van der Waals surface area contributed by atoms with Crippen LogP contribution in [0.4, 0.5) is 0 Å². The molecule has 2 aromatic carbocycles. The van der Waals surface area contributed by atoms with Crippen LogP contribution in [0.25, 0.3) is 11.3 Å². The highest BCUT2D eigenvalue weighted by Gasteiger charge is 2.29. The van der Waals surface area contributed by atoms with Gasteiger partial charge in [-0.15, -0.1) is 27.2 Å². The standard InChI is InChI=1S/C26H25N5S.BrH/c1-19-11-13-21(14-12-19)23-18-32-26(31(23)17-20-8-4-2-5-9-20)22(16-27)25-29-28-24-10-6-3-7-15-30(24)25;/h2,4-5,8-9,11-14,18H,3,6-7,10,15,17H2,1H3;1H/b26-22+;. The fourth-order valence-electron chi connectivity index (χ4n) is 4.28. The number of hydrogen-bond donors (Lipinski definition) is 0. The minimum absolute atomic E-state index is 0. The van der Waals surface area contributed by atoms with Gasteiger partial charge in [-0.3, -0.25) is 0 Å². The molecule has 33 heavy (non-hydrogen) atoms. The second kappa shape index (κ2) is 10.4. The topological polar surface area (TPSA) is 57.7 Å². The molecule has 5 nitrogen and oxygen atoms in total. The number of allylic oxidation sites excluding steroid dienone is 1. The SMILES string of the molecule is Br.Cc1ccc(C2=CS/C(=C(\C#N)c3nnc4n3CCCCC4)N2Cc2ccccc2)cc1. The Kier molecular flexibility index (Phi) is 7.36. The summed E-state index contributed by atoms with van der Waals surface area (Å²) in [6.45, 7) is 3.66. The first-order valence-corrected chi connectivity index (χ1v) is 11.9. The molecule has 0 atom stereocenters. The molecule has 0 saturated carbocycles. The number of benzene rings is 2. The molecule has 0 saturated heterocycles. The van der Waals surface area contributed by atoms with Crippen LogP contribution in [0, 0.1) is 18.3 Å². The van der Waals surface area contributed by atoms with Gasteiger partial charge in [0.25, 0.3) is 0 Å². The van der Waals surface area contributed by atoms with Crippen LogP contribution in [0.5, 0.6) is 0 Å². The van der Waals surface area contributed by atoms with Crippen molar-refractivity contribution >= 4 is 40.0 Å². The second-order valence-electron chi connectivity index (χ2n) is 8.25. The van der Waals surface area contributed by atoms with Gasteiger partial charge < -0.3 is 9.47 Å². The number of thioether (sulfide) groups is 1. The summed E-state index contributed by atoms with van der Waals surface area (Å²) >= 11 is 1.60. The van der Waals surface area contributed by atoms with Gasteiger partial charge in [0.2, 0.25) is 0 Å². The van der Waals surface area contributed by atoms with Crippen LogP contribution in [0.1, 0.15) is 47.6 Å². The number of aryl methyl sites for hydroxylation is 2. The average Bonchev–Trinajstić information content (AvgIpc) is 3.32. The van der Waals surface area contributed by atoms with Gasteiger partial charge in [0, 0.05) is 24.9 Å². The Bertz CT molecular complexity index is 1220. The summed E-state index contributed by atoms with van der Waals surface area (Å²) in [4.78, 5) is 2.25. The van der Waals surface area contributed by atoms with E-state index in [2.05, 4.69) is 86.6 Å². The molecule has 0 amide bonds. The number of halogens is 1. The first kappa shape index (κ1) is 23.3. The van der Waals surface area contributed by atoms with Crippen molar-refractivity contribution in [2.45, 2.75) is 45.7 Å². The molecule has 3 aromatic rings. The number of hydrogen-bond acceptors (Lipinski definition) is 5. The van der Waals surface area contributed by atoms with Crippen molar-refractivity contribution < 1.29 is 0 Å². The molecule has 7 heteroatoms. The third-order valence-corrected chi connectivity index (χ3v) is 7.00. The Morgan fingerprint density at radius 1 is 1.03 bits per heavy atom. The summed E-state index contributed by atoms with van der Waals surface area (Å²) in [6.07, 6.45) is 4.34. The predicted molar refractivity (Wildman–Crippen MR) is 139 cm³/mol. The zero-order chi connectivity index (χ0) is 21.9. The van der Waals surface area contributed by atoms with E-state index in [0.717, 1.165) is 47.9 Å². The molecule has 0 fully saturated rings. The second-order valence-corrected chi connectivity index (χ2v) is 9.11. The minimum Gasteiger partial charge on any atom is -0.329 e. The van der Waals surface area contributed by atoms with Gasteiger partial charge in [-0.05, 0) is 30.9 Å². The normalized spacial score (nSPS) is 16.8. The molecule has 3 heterocycles.